The molecule has 2 aromatic rings. The summed E-state index contributed by atoms with van der Waals surface area (Å²) in [6, 6.07) is 6.45. The van der Waals surface area contributed by atoms with Crippen LogP contribution in [0.1, 0.15) is 16.7 Å². The van der Waals surface area contributed by atoms with Crippen molar-refractivity contribution < 1.29 is 0 Å². The molecule has 3 heteroatoms. The average Bonchev–Trinajstić information content (AvgIpc) is 2.58. The Bertz CT molecular complexity index is 471. The van der Waals surface area contributed by atoms with Gasteiger partial charge in [-0.2, -0.15) is 5.10 Å². The van der Waals surface area contributed by atoms with E-state index >= 15 is 0 Å². The Morgan fingerprint density at radius 2 is 2.07 bits per heavy atom. The highest BCUT2D eigenvalue weighted by Gasteiger charge is 1.99. The monoisotopic (exact) mass is 201 g/mol. The first-order valence-electron chi connectivity index (χ1n) is 4.99. The van der Waals surface area contributed by atoms with Crippen LogP contribution in [-0.4, -0.2) is 9.78 Å². The van der Waals surface area contributed by atoms with E-state index < -0.39 is 0 Å². The quantitative estimate of drug-likeness (QED) is 0.808. The molecular weight excluding hydrogens is 186 g/mol. The van der Waals surface area contributed by atoms with Gasteiger partial charge in [-0.1, -0.05) is 18.2 Å². The van der Waals surface area contributed by atoms with Gasteiger partial charge in [0.25, 0.3) is 0 Å². The van der Waals surface area contributed by atoms with E-state index in [1.807, 2.05) is 10.9 Å². The second-order valence-corrected chi connectivity index (χ2v) is 3.89. The van der Waals surface area contributed by atoms with Crippen LogP contribution in [0.5, 0.6) is 0 Å². The molecule has 1 aromatic heterocycles. The van der Waals surface area contributed by atoms with Crippen molar-refractivity contribution in [3.05, 3.63) is 47.3 Å². The van der Waals surface area contributed by atoms with E-state index in [0.29, 0.717) is 5.69 Å². The molecule has 15 heavy (non-hydrogen) atoms. The Hall–Kier alpha value is -1.77. The molecule has 0 fully saturated rings. The SMILES string of the molecule is Cc1ccc(Cn2cc(N)cn2)cc1C. The van der Waals surface area contributed by atoms with Crippen molar-refractivity contribution in [3.63, 3.8) is 0 Å². The third kappa shape index (κ3) is 2.18. The number of benzene rings is 1. The molecule has 0 aliphatic carbocycles. The van der Waals surface area contributed by atoms with Crippen molar-refractivity contribution in [1.82, 2.24) is 9.78 Å². The van der Waals surface area contributed by atoms with Crippen molar-refractivity contribution in [2.24, 2.45) is 0 Å². The molecule has 0 bridgehead atoms. The minimum absolute atomic E-state index is 0.707. The summed E-state index contributed by atoms with van der Waals surface area (Å²) in [6.07, 6.45) is 3.51. The fourth-order valence-corrected chi connectivity index (χ4v) is 1.55. The number of nitrogens with zero attached hydrogens (tertiary/aromatic N) is 2. The molecule has 3 nitrogen and oxygen atoms in total. The number of nitrogen functional groups attached to an aromatic ring is 1. The van der Waals surface area contributed by atoms with Gasteiger partial charge >= 0.3 is 0 Å². The van der Waals surface area contributed by atoms with Crippen molar-refractivity contribution in [3.8, 4) is 0 Å². The lowest BCUT2D eigenvalue weighted by Gasteiger charge is -2.05. The number of anilines is 1. The molecule has 2 rings (SSSR count). The predicted octanol–water partition coefficient (Wildman–Crippen LogP) is 2.13. The van der Waals surface area contributed by atoms with Gasteiger partial charge in [0.2, 0.25) is 0 Å². The topological polar surface area (TPSA) is 43.8 Å². The Morgan fingerprint density at radius 1 is 1.27 bits per heavy atom. The largest absolute Gasteiger partial charge is 0.396 e. The van der Waals surface area contributed by atoms with E-state index in [9.17, 15) is 0 Å². The molecule has 78 valence electrons. The van der Waals surface area contributed by atoms with Crippen LogP contribution in [0.3, 0.4) is 0 Å². The van der Waals surface area contributed by atoms with Crippen LogP contribution in [0.2, 0.25) is 0 Å². The first-order chi connectivity index (χ1) is 7.15. The number of hydrogen-bond donors (Lipinski definition) is 1. The fraction of sp³-hybridized carbons (Fsp3) is 0.250. The van der Waals surface area contributed by atoms with Crippen molar-refractivity contribution >= 4 is 5.69 Å². The van der Waals surface area contributed by atoms with E-state index in [0.717, 1.165) is 6.54 Å². The summed E-state index contributed by atoms with van der Waals surface area (Å²) in [5.41, 5.74) is 10.2. The van der Waals surface area contributed by atoms with E-state index in [1.54, 1.807) is 6.20 Å². The van der Waals surface area contributed by atoms with Crippen LogP contribution >= 0.6 is 0 Å². The minimum Gasteiger partial charge on any atom is -0.396 e. The summed E-state index contributed by atoms with van der Waals surface area (Å²) in [6.45, 7) is 5.01. The smallest absolute Gasteiger partial charge is 0.0719 e. The summed E-state index contributed by atoms with van der Waals surface area (Å²) in [7, 11) is 0. The second kappa shape index (κ2) is 3.77. The molecule has 0 amide bonds. The molecule has 0 unspecified atom stereocenters. The Labute approximate surface area is 89.5 Å². The van der Waals surface area contributed by atoms with Crippen molar-refractivity contribution in [2.75, 3.05) is 5.73 Å². The molecule has 1 heterocycles. The third-order valence-electron chi connectivity index (χ3n) is 2.57. The normalized spacial score (nSPS) is 10.5. The van der Waals surface area contributed by atoms with Gasteiger partial charge in [0.1, 0.15) is 0 Å². The zero-order chi connectivity index (χ0) is 10.8. The van der Waals surface area contributed by atoms with Crippen LogP contribution in [0.25, 0.3) is 0 Å². The fourth-order valence-electron chi connectivity index (χ4n) is 1.55. The van der Waals surface area contributed by atoms with E-state index in [2.05, 4.69) is 37.1 Å². The molecule has 0 aliphatic heterocycles. The summed E-state index contributed by atoms with van der Waals surface area (Å²) in [5, 5.41) is 4.15. The lowest BCUT2D eigenvalue weighted by Crippen LogP contribution is -2.00. The maximum absolute atomic E-state index is 5.60. The van der Waals surface area contributed by atoms with Gasteiger partial charge in [-0.25, -0.2) is 0 Å². The lowest BCUT2D eigenvalue weighted by atomic mass is 10.1. The number of aryl methyl sites for hydroxylation is 2. The van der Waals surface area contributed by atoms with Crippen LogP contribution in [0.15, 0.2) is 30.6 Å². The van der Waals surface area contributed by atoms with Crippen molar-refractivity contribution in [2.45, 2.75) is 20.4 Å². The van der Waals surface area contributed by atoms with Gasteiger partial charge in [0.05, 0.1) is 18.4 Å². The van der Waals surface area contributed by atoms with Crippen LogP contribution < -0.4 is 5.73 Å². The van der Waals surface area contributed by atoms with E-state index in [4.69, 9.17) is 5.73 Å². The summed E-state index contributed by atoms with van der Waals surface area (Å²) in [4.78, 5) is 0. The first-order valence-corrected chi connectivity index (χ1v) is 4.99. The molecule has 0 spiro atoms. The maximum Gasteiger partial charge on any atom is 0.0719 e. The predicted molar refractivity (Wildman–Crippen MR) is 61.7 cm³/mol. The highest BCUT2D eigenvalue weighted by Crippen LogP contribution is 2.11. The molecule has 0 saturated carbocycles. The molecule has 0 atom stereocenters. The molecule has 0 saturated heterocycles. The second-order valence-electron chi connectivity index (χ2n) is 3.89. The van der Waals surface area contributed by atoms with Gasteiger partial charge in [0.15, 0.2) is 0 Å². The van der Waals surface area contributed by atoms with Crippen LogP contribution in [0.4, 0.5) is 5.69 Å². The van der Waals surface area contributed by atoms with Gasteiger partial charge in [-0.15, -0.1) is 0 Å². The third-order valence-corrected chi connectivity index (χ3v) is 2.57. The summed E-state index contributed by atoms with van der Waals surface area (Å²) >= 11 is 0. The summed E-state index contributed by atoms with van der Waals surface area (Å²) < 4.78 is 1.85. The van der Waals surface area contributed by atoms with Crippen molar-refractivity contribution in [1.29, 1.82) is 0 Å². The van der Waals surface area contributed by atoms with Crippen LogP contribution in [0, 0.1) is 13.8 Å². The Balaban J connectivity index is 2.21. The minimum atomic E-state index is 0.707. The number of rotatable bonds is 2. The van der Waals surface area contributed by atoms with Gasteiger partial charge in [-0.05, 0) is 30.5 Å². The molecule has 0 aliphatic rings. The lowest BCUT2D eigenvalue weighted by molar-refractivity contribution is 0.686. The highest BCUT2D eigenvalue weighted by molar-refractivity contribution is 5.32. The Morgan fingerprint density at radius 3 is 2.67 bits per heavy atom. The van der Waals surface area contributed by atoms with E-state index in [-0.39, 0.29) is 0 Å². The van der Waals surface area contributed by atoms with Gasteiger partial charge in [0, 0.05) is 6.20 Å². The van der Waals surface area contributed by atoms with E-state index in [1.165, 1.54) is 16.7 Å². The number of hydrogen-bond acceptors (Lipinski definition) is 2. The standard InChI is InChI=1S/C12H15N3/c1-9-3-4-11(5-10(9)2)7-15-8-12(13)6-14-15/h3-6,8H,7,13H2,1-2H3. The molecular formula is C12H15N3. The number of aromatic nitrogens is 2. The number of nitrogens with two attached hydrogens (primary N) is 1. The zero-order valence-corrected chi connectivity index (χ0v) is 9.07. The molecule has 2 N–H and O–H groups in total. The zero-order valence-electron chi connectivity index (χ0n) is 9.07. The molecule has 0 radical (unpaired) electrons. The van der Waals surface area contributed by atoms with Gasteiger partial charge < -0.3 is 5.73 Å². The first kappa shape index (κ1) is 9.77. The Kier molecular flexibility index (Phi) is 2.46. The maximum atomic E-state index is 5.60. The summed E-state index contributed by atoms with van der Waals surface area (Å²) in [5.74, 6) is 0. The van der Waals surface area contributed by atoms with Gasteiger partial charge in [-0.3, -0.25) is 4.68 Å². The average molecular weight is 201 g/mol. The highest BCUT2D eigenvalue weighted by atomic mass is 15.3. The van der Waals surface area contributed by atoms with Crippen LogP contribution in [-0.2, 0) is 6.54 Å². The molecule has 1 aromatic carbocycles.